The molecule has 1 unspecified atom stereocenters. The van der Waals surface area contributed by atoms with Gasteiger partial charge in [-0.1, -0.05) is 0 Å². The summed E-state index contributed by atoms with van der Waals surface area (Å²) < 4.78 is 4.86. The zero-order valence-electron chi connectivity index (χ0n) is 7.03. The Morgan fingerprint density at radius 3 is 3.15 bits per heavy atom. The van der Waals surface area contributed by atoms with E-state index in [1.165, 1.54) is 11.3 Å². The topological polar surface area (TPSA) is 65.2 Å². The van der Waals surface area contributed by atoms with Gasteiger partial charge in [-0.2, -0.15) is 0 Å². The number of carbonyl (C=O) groups excluding carboxylic acids is 1. The van der Waals surface area contributed by atoms with Gasteiger partial charge in [0.25, 0.3) is 0 Å². The summed E-state index contributed by atoms with van der Waals surface area (Å²) >= 11 is 1.44. The van der Waals surface area contributed by atoms with Crippen LogP contribution in [0, 0.1) is 5.92 Å². The average molecular weight is 198 g/mol. The van der Waals surface area contributed by atoms with Gasteiger partial charge in [0.15, 0.2) is 5.13 Å². The standard InChI is InChI=1S/C8H10N2O2S/c9-8-10-4-6(13-8)3-5-1-2-12-7(5)11/h4-5H,1-3H2,(H2,9,10). The number of cyclic esters (lactones) is 1. The number of rotatable bonds is 2. The molecule has 1 atom stereocenters. The third-order valence-electron chi connectivity index (χ3n) is 2.06. The van der Waals surface area contributed by atoms with Crippen LogP contribution in [0.5, 0.6) is 0 Å². The predicted molar refractivity (Wildman–Crippen MR) is 49.3 cm³/mol. The van der Waals surface area contributed by atoms with Crippen molar-refractivity contribution < 1.29 is 9.53 Å². The Morgan fingerprint density at radius 1 is 1.77 bits per heavy atom. The minimum atomic E-state index is -0.0908. The predicted octanol–water partition coefficient (Wildman–Crippen LogP) is 0.831. The molecular weight excluding hydrogens is 188 g/mol. The molecule has 1 aliphatic heterocycles. The van der Waals surface area contributed by atoms with Gasteiger partial charge in [0, 0.05) is 11.1 Å². The second-order valence-electron chi connectivity index (χ2n) is 3.02. The zero-order valence-corrected chi connectivity index (χ0v) is 7.84. The van der Waals surface area contributed by atoms with E-state index in [0.29, 0.717) is 18.2 Å². The number of ether oxygens (including phenoxy) is 1. The highest BCUT2D eigenvalue weighted by Gasteiger charge is 2.26. The Hall–Kier alpha value is -1.10. The van der Waals surface area contributed by atoms with Crippen molar-refractivity contribution in [3.05, 3.63) is 11.1 Å². The van der Waals surface area contributed by atoms with Crippen molar-refractivity contribution in [1.82, 2.24) is 4.98 Å². The molecular formula is C8H10N2O2S. The number of thiazole rings is 1. The Bertz CT molecular complexity index is 324. The zero-order chi connectivity index (χ0) is 9.26. The summed E-state index contributed by atoms with van der Waals surface area (Å²) in [6.45, 7) is 0.553. The van der Waals surface area contributed by atoms with Crippen LogP contribution >= 0.6 is 11.3 Å². The van der Waals surface area contributed by atoms with E-state index in [0.717, 1.165) is 11.3 Å². The Balaban J connectivity index is 2.01. The molecule has 0 saturated carbocycles. The van der Waals surface area contributed by atoms with Gasteiger partial charge in [-0.15, -0.1) is 11.3 Å². The van der Waals surface area contributed by atoms with Crippen molar-refractivity contribution >= 4 is 22.4 Å². The second kappa shape index (κ2) is 3.33. The number of anilines is 1. The van der Waals surface area contributed by atoms with E-state index < -0.39 is 0 Å². The van der Waals surface area contributed by atoms with E-state index in [9.17, 15) is 4.79 Å². The van der Waals surface area contributed by atoms with Crippen LogP contribution in [0.4, 0.5) is 5.13 Å². The first kappa shape index (κ1) is 8.50. The molecule has 0 aromatic carbocycles. The fraction of sp³-hybridized carbons (Fsp3) is 0.500. The van der Waals surface area contributed by atoms with Crippen molar-refractivity contribution in [2.75, 3.05) is 12.3 Å². The maximum Gasteiger partial charge on any atom is 0.309 e. The van der Waals surface area contributed by atoms with Crippen LogP contribution in [0.2, 0.25) is 0 Å². The molecule has 4 nitrogen and oxygen atoms in total. The van der Waals surface area contributed by atoms with Gasteiger partial charge >= 0.3 is 5.97 Å². The van der Waals surface area contributed by atoms with Crippen molar-refractivity contribution in [3.63, 3.8) is 0 Å². The fourth-order valence-electron chi connectivity index (χ4n) is 1.38. The number of hydrogen-bond acceptors (Lipinski definition) is 5. The normalized spacial score (nSPS) is 21.8. The van der Waals surface area contributed by atoms with Crippen LogP contribution in [0.1, 0.15) is 11.3 Å². The number of aromatic nitrogens is 1. The summed E-state index contributed by atoms with van der Waals surface area (Å²) in [5, 5.41) is 0.557. The van der Waals surface area contributed by atoms with E-state index in [2.05, 4.69) is 4.98 Å². The van der Waals surface area contributed by atoms with E-state index in [1.54, 1.807) is 6.20 Å². The lowest BCUT2D eigenvalue weighted by molar-refractivity contribution is -0.141. The maximum absolute atomic E-state index is 11.1. The summed E-state index contributed by atoms with van der Waals surface area (Å²) in [5.41, 5.74) is 5.48. The molecule has 0 bridgehead atoms. The van der Waals surface area contributed by atoms with Gasteiger partial charge in [0.1, 0.15) is 0 Å². The van der Waals surface area contributed by atoms with Crippen molar-refractivity contribution in [1.29, 1.82) is 0 Å². The first-order chi connectivity index (χ1) is 6.25. The second-order valence-corrected chi connectivity index (χ2v) is 4.17. The SMILES string of the molecule is Nc1ncc(CC2CCOC2=O)s1. The molecule has 1 aliphatic rings. The molecule has 5 heteroatoms. The lowest BCUT2D eigenvalue weighted by atomic mass is 10.0. The molecule has 70 valence electrons. The molecule has 2 rings (SSSR count). The van der Waals surface area contributed by atoms with E-state index >= 15 is 0 Å². The molecule has 0 aliphatic carbocycles. The quantitative estimate of drug-likeness (QED) is 0.715. The van der Waals surface area contributed by atoms with Gasteiger partial charge in [-0.25, -0.2) is 4.98 Å². The number of hydrogen-bond donors (Lipinski definition) is 1. The molecule has 1 aromatic rings. The molecule has 1 aromatic heterocycles. The van der Waals surface area contributed by atoms with Crippen molar-refractivity contribution in [2.45, 2.75) is 12.8 Å². The molecule has 13 heavy (non-hydrogen) atoms. The largest absolute Gasteiger partial charge is 0.465 e. The molecule has 0 radical (unpaired) electrons. The van der Waals surface area contributed by atoms with Crippen LogP contribution in [-0.2, 0) is 16.0 Å². The van der Waals surface area contributed by atoms with Crippen LogP contribution in [0.3, 0.4) is 0 Å². The molecule has 2 heterocycles. The minimum absolute atomic E-state index is 0.0137. The van der Waals surface area contributed by atoms with Gasteiger partial charge in [0.05, 0.1) is 12.5 Å². The highest BCUT2D eigenvalue weighted by Crippen LogP contribution is 2.23. The number of nitrogen functional groups attached to an aromatic ring is 1. The number of esters is 1. The monoisotopic (exact) mass is 198 g/mol. The minimum Gasteiger partial charge on any atom is -0.465 e. The molecule has 1 fully saturated rings. The van der Waals surface area contributed by atoms with Crippen LogP contribution in [-0.4, -0.2) is 17.6 Å². The first-order valence-electron chi connectivity index (χ1n) is 4.12. The molecule has 0 spiro atoms. The van der Waals surface area contributed by atoms with Crippen LogP contribution in [0.15, 0.2) is 6.20 Å². The van der Waals surface area contributed by atoms with E-state index in [1.807, 2.05) is 0 Å². The maximum atomic E-state index is 11.1. The lowest BCUT2D eigenvalue weighted by Gasteiger charge is -2.00. The number of carbonyl (C=O) groups is 1. The summed E-state index contributed by atoms with van der Waals surface area (Å²) in [6, 6.07) is 0. The average Bonchev–Trinajstić information content (AvgIpc) is 2.64. The van der Waals surface area contributed by atoms with Crippen LogP contribution < -0.4 is 5.73 Å². The number of nitrogens with two attached hydrogens (primary N) is 1. The number of nitrogens with zero attached hydrogens (tertiary/aromatic N) is 1. The highest BCUT2D eigenvalue weighted by atomic mass is 32.1. The van der Waals surface area contributed by atoms with Crippen LogP contribution in [0.25, 0.3) is 0 Å². The summed E-state index contributed by atoms with van der Waals surface area (Å²) in [4.78, 5) is 16.1. The van der Waals surface area contributed by atoms with Gasteiger partial charge < -0.3 is 10.5 Å². The molecule has 0 amide bonds. The summed E-state index contributed by atoms with van der Waals surface area (Å²) in [5.74, 6) is -0.0770. The molecule has 2 N–H and O–H groups in total. The highest BCUT2D eigenvalue weighted by molar-refractivity contribution is 7.15. The summed E-state index contributed by atoms with van der Waals surface area (Å²) in [7, 11) is 0. The van der Waals surface area contributed by atoms with E-state index in [-0.39, 0.29) is 11.9 Å². The third kappa shape index (κ3) is 1.80. The summed E-state index contributed by atoms with van der Waals surface area (Å²) in [6.07, 6.45) is 3.26. The fourth-order valence-corrected chi connectivity index (χ4v) is 2.15. The Labute approximate surface area is 79.7 Å². The van der Waals surface area contributed by atoms with Gasteiger partial charge in [0.2, 0.25) is 0 Å². The Kier molecular flexibility index (Phi) is 2.18. The Morgan fingerprint density at radius 2 is 2.62 bits per heavy atom. The molecule has 1 saturated heterocycles. The van der Waals surface area contributed by atoms with E-state index in [4.69, 9.17) is 10.5 Å². The lowest BCUT2D eigenvalue weighted by Crippen LogP contribution is -2.09. The smallest absolute Gasteiger partial charge is 0.309 e. The third-order valence-corrected chi connectivity index (χ3v) is 2.91. The van der Waals surface area contributed by atoms with Crippen molar-refractivity contribution in [2.24, 2.45) is 5.92 Å². The van der Waals surface area contributed by atoms with Gasteiger partial charge in [-0.3, -0.25) is 4.79 Å². The van der Waals surface area contributed by atoms with Gasteiger partial charge in [-0.05, 0) is 12.8 Å². The van der Waals surface area contributed by atoms with Crippen molar-refractivity contribution in [3.8, 4) is 0 Å². The first-order valence-corrected chi connectivity index (χ1v) is 4.94.